The molecular formula is C22H28N2O2. The first kappa shape index (κ1) is 18.3. The van der Waals surface area contributed by atoms with Gasteiger partial charge in [0.15, 0.2) is 0 Å². The summed E-state index contributed by atoms with van der Waals surface area (Å²) in [7, 11) is 0. The van der Waals surface area contributed by atoms with Gasteiger partial charge in [-0.1, -0.05) is 38.1 Å². The lowest BCUT2D eigenvalue weighted by molar-refractivity contribution is 0.0748. The van der Waals surface area contributed by atoms with Crippen molar-refractivity contribution in [2.75, 3.05) is 18.0 Å². The highest BCUT2D eigenvalue weighted by molar-refractivity contribution is 5.98. The van der Waals surface area contributed by atoms with E-state index in [1.807, 2.05) is 18.2 Å². The molecule has 0 bridgehead atoms. The average molecular weight is 352 g/mol. The van der Waals surface area contributed by atoms with E-state index in [1.165, 1.54) is 11.1 Å². The zero-order valence-electron chi connectivity index (χ0n) is 16.1. The number of aromatic hydroxyl groups is 1. The highest BCUT2D eigenvalue weighted by atomic mass is 16.3. The minimum atomic E-state index is -0.105. The van der Waals surface area contributed by atoms with E-state index in [9.17, 15) is 9.90 Å². The van der Waals surface area contributed by atoms with Crippen molar-refractivity contribution < 1.29 is 9.90 Å². The summed E-state index contributed by atoms with van der Waals surface area (Å²) in [5.41, 5.74) is 4.89. The Bertz CT molecular complexity index is 785. The van der Waals surface area contributed by atoms with Gasteiger partial charge in [-0.3, -0.25) is 4.79 Å². The lowest BCUT2D eigenvalue weighted by atomic mass is 9.96. The summed E-state index contributed by atoms with van der Waals surface area (Å²) in [6, 6.07) is 11.8. The van der Waals surface area contributed by atoms with Crippen molar-refractivity contribution in [2.24, 2.45) is 0 Å². The Morgan fingerprint density at radius 1 is 1.12 bits per heavy atom. The lowest BCUT2D eigenvalue weighted by Gasteiger charge is -2.27. The molecule has 0 saturated heterocycles. The van der Waals surface area contributed by atoms with Gasteiger partial charge in [-0.2, -0.15) is 0 Å². The number of phenols is 1. The molecule has 1 amide bonds. The molecule has 4 nitrogen and oxygen atoms in total. The normalized spacial score (nSPS) is 13.2. The average Bonchev–Trinajstić information content (AvgIpc) is 3.06. The third kappa shape index (κ3) is 3.28. The van der Waals surface area contributed by atoms with Crippen LogP contribution in [0.4, 0.5) is 5.69 Å². The first-order valence-corrected chi connectivity index (χ1v) is 9.44. The summed E-state index contributed by atoms with van der Waals surface area (Å²) in [5.74, 6) is 0.234. The van der Waals surface area contributed by atoms with Crippen LogP contribution in [0.2, 0.25) is 0 Å². The van der Waals surface area contributed by atoms with Crippen molar-refractivity contribution in [2.45, 2.75) is 46.7 Å². The molecular weight excluding hydrogens is 324 g/mol. The Morgan fingerprint density at radius 2 is 1.69 bits per heavy atom. The first-order chi connectivity index (χ1) is 12.5. The molecule has 1 heterocycles. The van der Waals surface area contributed by atoms with Crippen LogP contribution < -0.4 is 4.90 Å². The molecule has 26 heavy (non-hydrogen) atoms. The van der Waals surface area contributed by atoms with Gasteiger partial charge >= 0.3 is 0 Å². The summed E-state index contributed by atoms with van der Waals surface area (Å²) < 4.78 is 0. The van der Waals surface area contributed by atoms with Gasteiger partial charge in [0.1, 0.15) is 5.75 Å². The number of amides is 1. The fourth-order valence-corrected chi connectivity index (χ4v) is 3.71. The van der Waals surface area contributed by atoms with Crippen LogP contribution >= 0.6 is 0 Å². The monoisotopic (exact) mass is 352 g/mol. The van der Waals surface area contributed by atoms with Gasteiger partial charge in [0.05, 0.1) is 5.56 Å². The maximum absolute atomic E-state index is 13.1. The SMILES string of the molecule is CCN(CC)c1cc(O)c(C(=O)N2Cc3ccccc3C2)cc1C(C)C. The number of carbonyl (C=O) groups excluding carboxylic acids is 1. The molecule has 4 heteroatoms. The Balaban J connectivity index is 1.95. The van der Waals surface area contributed by atoms with Crippen LogP contribution in [0.1, 0.15) is 60.7 Å². The van der Waals surface area contributed by atoms with E-state index in [-0.39, 0.29) is 17.6 Å². The van der Waals surface area contributed by atoms with Gasteiger partial charge in [0.25, 0.3) is 5.91 Å². The maximum atomic E-state index is 13.1. The van der Waals surface area contributed by atoms with Crippen LogP contribution in [0.25, 0.3) is 0 Å². The third-order valence-electron chi connectivity index (χ3n) is 5.23. The Morgan fingerprint density at radius 3 is 2.19 bits per heavy atom. The van der Waals surface area contributed by atoms with Gasteiger partial charge in [0, 0.05) is 37.9 Å². The van der Waals surface area contributed by atoms with Crippen LogP contribution in [0, 0.1) is 0 Å². The van der Waals surface area contributed by atoms with E-state index in [0.29, 0.717) is 18.7 Å². The molecule has 0 saturated carbocycles. The predicted octanol–water partition coefficient (Wildman–Crippen LogP) is 4.52. The number of carbonyl (C=O) groups is 1. The van der Waals surface area contributed by atoms with Gasteiger partial charge in [0.2, 0.25) is 0 Å². The van der Waals surface area contributed by atoms with Gasteiger partial charge in [-0.05, 0) is 42.5 Å². The van der Waals surface area contributed by atoms with Crippen LogP contribution in [0.5, 0.6) is 5.75 Å². The maximum Gasteiger partial charge on any atom is 0.258 e. The zero-order chi connectivity index (χ0) is 18.8. The molecule has 0 fully saturated rings. The molecule has 2 aromatic rings. The quantitative estimate of drug-likeness (QED) is 0.860. The van der Waals surface area contributed by atoms with Crippen molar-refractivity contribution in [3.63, 3.8) is 0 Å². The third-order valence-corrected chi connectivity index (χ3v) is 5.23. The van der Waals surface area contributed by atoms with E-state index in [4.69, 9.17) is 0 Å². The van der Waals surface area contributed by atoms with Crippen LogP contribution in [0.15, 0.2) is 36.4 Å². The number of nitrogens with zero attached hydrogens (tertiary/aromatic N) is 2. The second kappa shape index (κ2) is 7.40. The summed E-state index contributed by atoms with van der Waals surface area (Å²) in [5, 5.41) is 10.6. The smallest absolute Gasteiger partial charge is 0.258 e. The summed E-state index contributed by atoms with van der Waals surface area (Å²) >= 11 is 0. The fourth-order valence-electron chi connectivity index (χ4n) is 3.71. The molecule has 0 aliphatic carbocycles. The number of benzene rings is 2. The van der Waals surface area contributed by atoms with Gasteiger partial charge in [-0.15, -0.1) is 0 Å². The first-order valence-electron chi connectivity index (χ1n) is 9.44. The highest BCUT2D eigenvalue weighted by Gasteiger charge is 2.27. The topological polar surface area (TPSA) is 43.8 Å². The van der Waals surface area contributed by atoms with E-state index >= 15 is 0 Å². The second-order valence-electron chi connectivity index (χ2n) is 7.19. The number of hydrogen-bond donors (Lipinski definition) is 1. The van der Waals surface area contributed by atoms with Crippen molar-refractivity contribution in [3.8, 4) is 5.75 Å². The Kier molecular flexibility index (Phi) is 5.21. The fraction of sp³-hybridized carbons (Fsp3) is 0.409. The zero-order valence-corrected chi connectivity index (χ0v) is 16.1. The summed E-state index contributed by atoms with van der Waals surface area (Å²) in [6.45, 7) is 11.4. The van der Waals surface area contributed by atoms with Crippen LogP contribution in [-0.2, 0) is 13.1 Å². The predicted molar refractivity (Wildman–Crippen MR) is 106 cm³/mol. The minimum Gasteiger partial charge on any atom is -0.507 e. The van der Waals surface area contributed by atoms with Gasteiger partial charge < -0.3 is 14.9 Å². The number of fused-ring (bicyclic) bond motifs is 1. The van der Waals surface area contributed by atoms with Crippen molar-refractivity contribution in [1.29, 1.82) is 0 Å². The van der Waals surface area contributed by atoms with E-state index in [2.05, 4.69) is 44.7 Å². The Hall–Kier alpha value is -2.49. The van der Waals surface area contributed by atoms with E-state index in [0.717, 1.165) is 24.3 Å². The van der Waals surface area contributed by atoms with Crippen molar-refractivity contribution in [1.82, 2.24) is 4.90 Å². The number of anilines is 1. The Labute approximate surface area is 156 Å². The van der Waals surface area contributed by atoms with Crippen LogP contribution in [-0.4, -0.2) is 29.0 Å². The van der Waals surface area contributed by atoms with Crippen LogP contribution in [0.3, 0.4) is 0 Å². The van der Waals surface area contributed by atoms with Crippen molar-refractivity contribution in [3.05, 3.63) is 58.7 Å². The molecule has 0 radical (unpaired) electrons. The van der Waals surface area contributed by atoms with E-state index in [1.54, 1.807) is 11.0 Å². The number of rotatable bonds is 5. The van der Waals surface area contributed by atoms with E-state index < -0.39 is 0 Å². The van der Waals surface area contributed by atoms with Crippen molar-refractivity contribution >= 4 is 11.6 Å². The molecule has 2 aromatic carbocycles. The lowest BCUT2D eigenvalue weighted by Crippen LogP contribution is -2.27. The molecule has 3 rings (SSSR count). The minimum absolute atomic E-state index is 0.0669. The molecule has 0 aromatic heterocycles. The highest BCUT2D eigenvalue weighted by Crippen LogP contribution is 2.35. The molecule has 1 N–H and O–H groups in total. The number of phenolic OH excluding ortho intramolecular Hbond substituents is 1. The van der Waals surface area contributed by atoms with Gasteiger partial charge in [-0.25, -0.2) is 0 Å². The molecule has 0 unspecified atom stereocenters. The molecule has 138 valence electrons. The molecule has 1 aliphatic heterocycles. The standard InChI is InChI=1S/C22H28N2O2/c1-5-23(6-2)20-12-21(25)19(11-18(20)15(3)4)22(26)24-13-16-9-7-8-10-17(16)14-24/h7-12,15,25H,5-6,13-14H2,1-4H3. The number of hydrogen-bond acceptors (Lipinski definition) is 3. The second-order valence-corrected chi connectivity index (χ2v) is 7.19. The summed E-state index contributed by atoms with van der Waals surface area (Å²) in [6.07, 6.45) is 0. The summed E-state index contributed by atoms with van der Waals surface area (Å²) in [4.78, 5) is 17.1. The molecule has 1 aliphatic rings. The molecule has 0 spiro atoms. The largest absolute Gasteiger partial charge is 0.507 e. The molecule has 0 atom stereocenters.